The molecule has 176 valence electrons. The van der Waals surface area contributed by atoms with Crippen LogP contribution in [0.25, 0.3) is 11.1 Å². The van der Waals surface area contributed by atoms with Gasteiger partial charge >= 0.3 is 43.0 Å². The Morgan fingerprint density at radius 1 is 0.848 bits per heavy atom. The first-order chi connectivity index (χ1) is 14.6. The number of hydrogen-bond acceptors (Lipinski definition) is 0. The van der Waals surface area contributed by atoms with Crippen molar-refractivity contribution in [3.05, 3.63) is 83.0 Å². The third-order valence-corrected chi connectivity index (χ3v) is 6.85. The van der Waals surface area contributed by atoms with Crippen LogP contribution in [0.15, 0.2) is 48.6 Å². The molecular weight excluding hydrogens is 479 g/mol. The van der Waals surface area contributed by atoms with Gasteiger partial charge in [-0.2, -0.15) is 35.4 Å². The third kappa shape index (κ3) is 8.36. The van der Waals surface area contributed by atoms with Crippen molar-refractivity contribution in [2.75, 3.05) is 0 Å². The van der Waals surface area contributed by atoms with E-state index in [4.69, 9.17) is 0 Å². The third-order valence-electron chi connectivity index (χ3n) is 6.07. The van der Waals surface area contributed by atoms with E-state index in [2.05, 4.69) is 110 Å². The van der Waals surface area contributed by atoms with Gasteiger partial charge < -0.3 is 24.8 Å². The number of benzene rings is 2. The van der Waals surface area contributed by atoms with E-state index < -0.39 is 0 Å². The van der Waals surface area contributed by atoms with Gasteiger partial charge in [-0.05, 0) is 17.4 Å². The van der Waals surface area contributed by atoms with Gasteiger partial charge in [0.05, 0.1) is 0 Å². The van der Waals surface area contributed by atoms with Crippen LogP contribution in [0.4, 0.5) is 0 Å². The monoisotopic (exact) mass is 514 g/mol. The van der Waals surface area contributed by atoms with E-state index >= 15 is 0 Å². The van der Waals surface area contributed by atoms with Crippen LogP contribution in [-0.4, -0.2) is 3.81 Å². The molecule has 3 heteroatoms. The van der Waals surface area contributed by atoms with Crippen LogP contribution in [0.3, 0.4) is 0 Å². The number of halogens is 2. The van der Waals surface area contributed by atoms with Gasteiger partial charge in [0.25, 0.3) is 0 Å². The molecule has 0 radical (unpaired) electrons. The molecule has 2 aromatic carbocycles. The average Bonchev–Trinajstić information content (AvgIpc) is 3.36. The Morgan fingerprint density at radius 2 is 1.45 bits per heavy atom. The summed E-state index contributed by atoms with van der Waals surface area (Å²) in [5, 5.41) is 0. The first kappa shape index (κ1) is 30.1. The Bertz CT molecular complexity index is 923. The molecule has 0 spiro atoms. The van der Waals surface area contributed by atoms with Crippen LogP contribution in [0.5, 0.6) is 0 Å². The molecule has 3 aliphatic carbocycles. The molecule has 0 atom stereocenters. The average molecular weight is 515 g/mol. The van der Waals surface area contributed by atoms with Crippen LogP contribution < -0.4 is 24.8 Å². The molecule has 0 aliphatic heterocycles. The van der Waals surface area contributed by atoms with Crippen molar-refractivity contribution in [2.45, 2.75) is 84.5 Å². The molecule has 1 saturated carbocycles. The van der Waals surface area contributed by atoms with Crippen LogP contribution in [0, 0.1) is 12.1 Å². The zero-order valence-electron chi connectivity index (χ0n) is 20.9. The van der Waals surface area contributed by atoms with Crippen molar-refractivity contribution in [3.63, 3.8) is 0 Å². The molecule has 2 aromatic rings. The summed E-state index contributed by atoms with van der Waals surface area (Å²) < 4.78 is 1.69. The summed E-state index contributed by atoms with van der Waals surface area (Å²) in [6.07, 6.45) is 15.3. The summed E-state index contributed by atoms with van der Waals surface area (Å²) in [5.41, 5.74) is 8.76. The van der Waals surface area contributed by atoms with E-state index in [-0.39, 0.29) is 35.6 Å². The molecule has 5 rings (SSSR count). The maximum absolute atomic E-state index is 3.53. The van der Waals surface area contributed by atoms with Crippen LogP contribution in [0.1, 0.15) is 89.5 Å². The van der Waals surface area contributed by atoms with Crippen molar-refractivity contribution in [3.8, 4) is 11.1 Å². The molecule has 3 aliphatic rings. The molecule has 0 heterocycles. The number of fused-ring (bicyclic) bond motifs is 3. The van der Waals surface area contributed by atoms with Crippen molar-refractivity contribution in [1.82, 2.24) is 0 Å². The molecule has 0 N–H and O–H groups in total. The van der Waals surface area contributed by atoms with E-state index in [1.165, 1.54) is 52.6 Å². The van der Waals surface area contributed by atoms with Gasteiger partial charge in [0.15, 0.2) is 0 Å². The molecule has 0 saturated heterocycles. The molecule has 0 amide bonds. The number of hydrogen-bond donors (Lipinski definition) is 0. The van der Waals surface area contributed by atoms with Crippen LogP contribution >= 0.6 is 0 Å². The second-order valence-electron chi connectivity index (χ2n) is 10.8. The molecule has 0 nitrogen and oxygen atoms in total. The zero-order chi connectivity index (χ0) is 22.6. The second-order valence-corrected chi connectivity index (χ2v) is 11.9. The van der Waals surface area contributed by atoms with E-state index in [1.807, 2.05) is 12.2 Å². The van der Waals surface area contributed by atoms with E-state index in [0.29, 0.717) is 0 Å². The summed E-state index contributed by atoms with van der Waals surface area (Å²) in [6.45, 7) is 13.6. The minimum absolute atomic E-state index is 0. The quantitative estimate of drug-likeness (QED) is 0.317. The van der Waals surface area contributed by atoms with Crippen molar-refractivity contribution in [2.24, 2.45) is 0 Å². The van der Waals surface area contributed by atoms with Gasteiger partial charge in [0, 0.05) is 0 Å². The van der Waals surface area contributed by atoms with Gasteiger partial charge in [0.2, 0.25) is 0 Å². The molecule has 33 heavy (non-hydrogen) atoms. The predicted octanol–water partition coefficient (Wildman–Crippen LogP) is 1.86. The van der Waals surface area contributed by atoms with Crippen LogP contribution in [0.2, 0.25) is 0 Å². The Morgan fingerprint density at radius 3 is 1.88 bits per heavy atom. The molecule has 0 bridgehead atoms. The van der Waals surface area contributed by atoms with Crippen molar-refractivity contribution >= 4 is 3.81 Å². The second kappa shape index (κ2) is 12.7. The zero-order valence-corrected chi connectivity index (χ0v) is 24.0. The maximum atomic E-state index is 3.53. The minimum atomic E-state index is 0. The van der Waals surface area contributed by atoms with E-state index in [0.717, 1.165) is 12.8 Å². The number of rotatable bonds is 0. The first-order valence-electron chi connectivity index (χ1n) is 11.5. The summed E-state index contributed by atoms with van der Waals surface area (Å²) in [6, 6.07) is 15.1. The van der Waals surface area contributed by atoms with Gasteiger partial charge in [-0.3, -0.25) is 6.08 Å². The summed E-state index contributed by atoms with van der Waals surface area (Å²) in [5.74, 6) is 0. The van der Waals surface area contributed by atoms with Gasteiger partial charge in [-0.1, -0.05) is 76.3 Å². The molecule has 1 fully saturated rings. The molecular formula is C30H36Cl2Ti-2. The summed E-state index contributed by atoms with van der Waals surface area (Å²) >= 11 is 2.23. The Labute approximate surface area is 226 Å². The van der Waals surface area contributed by atoms with Crippen molar-refractivity contribution < 1.29 is 44.8 Å². The summed E-state index contributed by atoms with van der Waals surface area (Å²) in [7, 11) is 0. The molecule has 0 unspecified atom stereocenters. The Balaban J connectivity index is 0.000000375. The standard InChI is InChI=1S/C21H25.C5H5.C4H6.2ClH.Ti/c1-20(2,3)16-9-7-14-11-15-8-10-17(21(4,5)6)13-19(15)18(14)12-16;1-2-4-5-3-1;1-2-4-3-1;;;/h7,9-10,12-13H,11H2,1-6H3;1-3H,4H2;1-3H2;2*1H;/q2*-1;;;;+2/p-2. The van der Waals surface area contributed by atoms with Gasteiger partial charge in [-0.15, -0.1) is 12.0 Å². The summed E-state index contributed by atoms with van der Waals surface area (Å²) in [4.78, 5) is 0. The normalized spacial score (nSPS) is 15.0. The fourth-order valence-electron chi connectivity index (χ4n) is 3.68. The van der Waals surface area contributed by atoms with Gasteiger partial charge in [-0.25, -0.2) is 12.2 Å². The predicted molar refractivity (Wildman–Crippen MR) is 131 cm³/mol. The van der Waals surface area contributed by atoms with Gasteiger partial charge in [0.1, 0.15) is 0 Å². The van der Waals surface area contributed by atoms with Crippen LogP contribution in [-0.2, 0) is 37.2 Å². The topological polar surface area (TPSA) is 0 Å². The van der Waals surface area contributed by atoms with Crippen molar-refractivity contribution in [1.29, 1.82) is 0 Å². The number of allylic oxidation sites excluding steroid dienone is 4. The Kier molecular flexibility index (Phi) is 11.6. The fraction of sp³-hybridized carbons (Fsp3) is 0.433. The SMILES string of the molecule is CC(C)(C)c1c[c-]c2c(c1)-c1cc(C(C)(C)C)ccc1C2.[C-]1=CC=CC1.[Cl-].[Cl-].[Ti+2]=[C]1CCC1. The fourth-order valence-corrected chi connectivity index (χ4v) is 4.23. The van der Waals surface area contributed by atoms with E-state index in [1.54, 1.807) is 3.81 Å². The first-order valence-corrected chi connectivity index (χ1v) is 12.3. The van der Waals surface area contributed by atoms with E-state index in [9.17, 15) is 0 Å². The Hall–Kier alpha value is -0.916. The molecule has 0 aromatic heterocycles.